The molecule has 0 saturated carbocycles. The maximum Gasteiger partial charge on any atom is 0.227 e. The van der Waals surface area contributed by atoms with Gasteiger partial charge in [0, 0.05) is 37.3 Å². The molecule has 1 atom stereocenters. The SMILES string of the molecule is Cc1cccc(N2CC(Cn3cc(C=O)cn3)CC2=O)c1. The van der Waals surface area contributed by atoms with Gasteiger partial charge in [-0.25, -0.2) is 0 Å². The fourth-order valence-electron chi connectivity index (χ4n) is 2.75. The van der Waals surface area contributed by atoms with Crippen molar-refractivity contribution >= 4 is 17.9 Å². The minimum Gasteiger partial charge on any atom is -0.312 e. The molecule has 2 heterocycles. The topological polar surface area (TPSA) is 55.2 Å². The fraction of sp³-hybridized carbons (Fsp3) is 0.312. The van der Waals surface area contributed by atoms with E-state index in [1.54, 1.807) is 17.1 Å². The molecule has 1 unspecified atom stereocenters. The van der Waals surface area contributed by atoms with E-state index in [0.717, 1.165) is 17.5 Å². The van der Waals surface area contributed by atoms with E-state index in [2.05, 4.69) is 5.10 Å². The van der Waals surface area contributed by atoms with Crippen molar-refractivity contribution < 1.29 is 9.59 Å². The molecule has 0 bridgehead atoms. The van der Waals surface area contributed by atoms with Crippen LogP contribution in [0.3, 0.4) is 0 Å². The second kappa shape index (κ2) is 5.52. The van der Waals surface area contributed by atoms with E-state index in [0.29, 0.717) is 25.1 Å². The monoisotopic (exact) mass is 283 g/mol. The molecule has 1 aromatic heterocycles. The van der Waals surface area contributed by atoms with Gasteiger partial charge in [-0.1, -0.05) is 12.1 Å². The highest BCUT2D eigenvalue weighted by molar-refractivity contribution is 5.95. The maximum atomic E-state index is 12.2. The van der Waals surface area contributed by atoms with Crippen LogP contribution < -0.4 is 4.90 Å². The lowest BCUT2D eigenvalue weighted by Gasteiger charge is -2.17. The Morgan fingerprint density at radius 1 is 1.43 bits per heavy atom. The predicted octanol–water partition coefficient (Wildman–Crippen LogP) is 2.06. The standard InChI is InChI=1S/C16H17N3O2/c1-12-3-2-4-15(5-12)19-10-13(6-16(19)21)8-18-9-14(11-20)7-17-18/h2-5,7,9,11,13H,6,8,10H2,1H3. The Bertz CT molecular complexity index is 678. The Kier molecular flexibility index (Phi) is 3.56. The van der Waals surface area contributed by atoms with Crippen molar-refractivity contribution in [2.45, 2.75) is 19.9 Å². The van der Waals surface area contributed by atoms with Gasteiger partial charge in [0.05, 0.1) is 11.8 Å². The number of aryl methyl sites for hydroxylation is 1. The number of rotatable bonds is 4. The van der Waals surface area contributed by atoms with E-state index in [1.807, 2.05) is 36.1 Å². The van der Waals surface area contributed by atoms with Crippen molar-refractivity contribution in [2.75, 3.05) is 11.4 Å². The van der Waals surface area contributed by atoms with Crippen LogP contribution in [0.5, 0.6) is 0 Å². The van der Waals surface area contributed by atoms with Crippen LogP contribution in [0.4, 0.5) is 5.69 Å². The zero-order chi connectivity index (χ0) is 14.8. The normalized spacial score (nSPS) is 18.2. The molecule has 1 fully saturated rings. The average molecular weight is 283 g/mol. The third-order valence-corrected chi connectivity index (χ3v) is 3.75. The summed E-state index contributed by atoms with van der Waals surface area (Å²) in [5, 5.41) is 4.14. The van der Waals surface area contributed by atoms with Gasteiger partial charge in [0.2, 0.25) is 5.91 Å². The van der Waals surface area contributed by atoms with E-state index >= 15 is 0 Å². The number of carbonyl (C=O) groups is 2. The van der Waals surface area contributed by atoms with E-state index < -0.39 is 0 Å². The van der Waals surface area contributed by atoms with Gasteiger partial charge in [0.25, 0.3) is 0 Å². The number of amides is 1. The van der Waals surface area contributed by atoms with Gasteiger partial charge in [-0.2, -0.15) is 5.10 Å². The Morgan fingerprint density at radius 3 is 3.00 bits per heavy atom. The first-order valence-electron chi connectivity index (χ1n) is 7.00. The summed E-state index contributed by atoms with van der Waals surface area (Å²) in [6.45, 7) is 3.37. The summed E-state index contributed by atoms with van der Waals surface area (Å²) in [6, 6.07) is 7.98. The lowest BCUT2D eigenvalue weighted by molar-refractivity contribution is -0.117. The van der Waals surface area contributed by atoms with Gasteiger partial charge in [-0.15, -0.1) is 0 Å². The lowest BCUT2D eigenvalue weighted by atomic mass is 10.1. The lowest BCUT2D eigenvalue weighted by Crippen LogP contribution is -2.25. The zero-order valence-corrected chi connectivity index (χ0v) is 11.9. The summed E-state index contributed by atoms with van der Waals surface area (Å²) in [5.41, 5.74) is 2.66. The van der Waals surface area contributed by atoms with E-state index in [-0.39, 0.29) is 11.8 Å². The minimum absolute atomic E-state index is 0.147. The van der Waals surface area contributed by atoms with Crippen LogP contribution in [0, 0.1) is 12.8 Å². The molecule has 0 radical (unpaired) electrons. The molecule has 0 spiro atoms. The number of aromatic nitrogens is 2. The number of nitrogens with zero attached hydrogens (tertiary/aromatic N) is 3. The molecule has 1 amide bonds. The second-order valence-electron chi connectivity index (χ2n) is 5.53. The van der Waals surface area contributed by atoms with E-state index in [9.17, 15) is 9.59 Å². The quantitative estimate of drug-likeness (QED) is 0.807. The third kappa shape index (κ3) is 2.86. The van der Waals surface area contributed by atoms with E-state index in [1.165, 1.54) is 0 Å². The zero-order valence-electron chi connectivity index (χ0n) is 11.9. The predicted molar refractivity (Wildman–Crippen MR) is 79.3 cm³/mol. The van der Waals surface area contributed by atoms with Crippen LogP contribution in [0.15, 0.2) is 36.7 Å². The van der Waals surface area contributed by atoms with Gasteiger partial charge in [0.1, 0.15) is 0 Å². The molecule has 5 nitrogen and oxygen atoms in total. The van der Waals surface area contributed by atoms with Crippen LogP contribution in [0.1, 0.15) is 22.3 Å². The van der Waals surface area contributed by atoms with Crippen LogP contribution in [-0.2, 0) is 11.3 Å². The first-order valence-corrected chi connectivity index (χ1v) is 7.00. The van der Waals surface area contributed by atoms with E-state index in [4.69, 9.17) is 0 Å². The fourth-order valence-corrected chi connectivity index (χ4v) is 2.75. The Hall–Kier alpha value is -2.43. The molecular weight excluding hydrogens is 266 g/mol. The number of anilines is 1. The van der Waals surface area contributed by atoms with Gasteiger partial charge in [-0.05, 0) is 24.6 Å². The number of hydrogen-bond donors (Lipinski definition) is 0. The molecule has 21 heavy (non-hydrogen) atoms. The largest absolute Gasteiger partial charge is 0.312 e. The number of hydrogen-bond acceptors (Lipinski definition) is 3. The Morgan fingerprint density at radius 2 is 2.29 bits per heavy atom. The van der Waals surface area contributed by atoms with Crippen LogP contribution in [0.25, 0.3) is 0 Å². The number of aldehydes is 1. The molecule has 1 aliphatic rings. The highest BCUT2D eigenvalue weighted by Gasteiger charge is 2.30. The first-order chi connectivity index (χ1) is 10.2. The highest BCUT2D eigenvalue weighted by atomic mass is 16.2. The molecule has 1 aliphatic heterocycles. The van der Waals surface area contributed by atoms with Crippen molar-refractivity contribution in [3.8, 4) is 0 Å². The summed E-state index contributed by atoms with van der Waals surface area (Å²) < 4.78 is 1.74. The molecule has 2 aromatic rings. The van der Waals surface area contributed by atoms with Crippen LogP contribution in [0.2, 0.25) is 0 Å². The molecule has 3 rings (SSSR count). The van der Waals surface area contributed by atoms with Crippen LogP contribution in [-0.4, -0.2) is 28.5 Å². The highest BCUT2D eigenvalue weighted by Crippen LogP contribution is 2.26. The van der Waals surface area contributed by atoms with Crippen LogP contribution >= 0.6 is 0 Å². The molecular formula is C16H17N3O2. The van der Waals surface area contributed by atoms with Crippen molar-refractivity contribution in [2.24, 2.45) is 5.92 Å². The number of benzene rings is 1. The molecule has 108 valence electrons. The summed E-state index contributed by atoms with van der Waals surface area (Å²) >= 11 is 0. The van der Waals surface area contributed by atoms with Gasteiger partial charge in [-0.3, -0.25) is 14.3 Å². The molecule has 0 N–H and O–H groups in total. The smallest absolute Gasteiger partial charge is 0.227 e. The van der Waals surface area contributed by atoms with Crippen molar-refractivity contribution in [1.29, 1.82) is 0 Å². The van der Waals surface area contributed by atoms with Gasteiger partial charge < -0.3 is 4.90 Å². The third-order valence-electron chi connectivity index (χ3n) is 3.75. The summed E-state index contributed by atoms with van der Waals surface area (Å²) in [6.07, 6.45) is 4.56. The first kappa shape index (κ1) is 13.5. The summed E-state index contributed by atoms with van der Waals surface area (Å²) in [7, 11) is 0. The molecule has 5 heteroatoms. The maximum absolute atomic E-state index is 12.2. The minimum atomic E-state index is 0.147. The van der Waals surface area contributed by atoms with Crippen molar-refractivity contribution in [1.82, 2.24) is 9.78 Å². The Balaban J connectivity index is 1.71. The Labute approximate surface area is 123 Å². The number of carbonyl (C=O) groups excluding carboxylic acids is 2. The molecule has 0 aliphatic carbocycles. The molecule has 1 saturated heterocycles. The summed E-state index contributed by atoms with van der Waals surface area (Å²) in [5.74, 6) is 0.366. The molecule has 1 aromatic carbocycles. The van der Waals surface area contributed by atoms with Crippen molar-refractivity contribution in [3.05, 3.63) is 47.8 Å². The van der Waals surface area contributed by atoms with Crippen molar-refractivity contribution in [3.63, 3.8) is 0 Å². The van der Waals surface area contributed by atoms with Gasteiger partial charge >= 0.3 is 0 Å². The second-order valence-corrected chi connectivity index (χ2v) is 5.53. The summed E-state index contributed by atoms with van der Waals surface area (Å²) in [4.78, 5) is 24.7. The van der Waals surface area contributed by atoms with Gasteiger partial charge in [0.15, 0.2) is 6.29 Å². The average Bonchev–Trinajstić information content (AvgIpc) is 3.06.